The van der Waals surface area contributed by atoms with Crippen LogP contribution >= 0.6 is 0 Å². The Morgan fingerprint density at radius 3 is 2.62 bits per heavy atom. The molecule has 1 aliphatic heterocycles. The Hall–Kier alpha value is -2.38. The highest BCUT2D eigenvalue weighted by atomic mass is 32.2. The number of nitrogens with zero attached hydrogens (tertiary/aromatic N) is 3. The first-order valence-corrected chi connectivity index (χ1v) is 11.6. The van der Waals surface area contributed by atoms with E-state index in [1.807, 2.05) is 14.1 Å². The highest BCUT2D eigenvalue weighted by molar-refractivity contribution is 7.91. The van der Waals surface area contributed by atoms with Crippen molar-refractivity contribution in [2.75, 3.05) is 37.8 Å². The smallest absolute Gasteiger partial charge is 0.199 e. The lowest BCUT2D eigenvalue weighted by Gasteiger charge is -2.17. The number of benzene rings is 2. The molecule has 0 aliphatic carbocycles. The van der Waals surface area contributed by atoms with Crippen molar-refractivity contribution in [3.63, 3.8) is 0 Å². The monoisotopic (exact) mass is 413 g/mol. The van der Waals surface area contributed by atoms with Crippen molar-refractivity contribution in [2.24, 2.45) is 0 Å². The first kappa shape index (κ1) is 19.9. The van der Waals surface area contributed by atoms with Crippen LogP contribution in [0.25, 0.3) is 11.1 Å². The Balaban J connectivity index is 1.46. The van der Waals surface area contributed by atoms with E-state index in [4.69, 9.17) is 4.42 Å². The molecule has 1 aliphatic rings. The van der Waals surface area contributed by atoms with E-state index < -0.39 is 9.84 Å². The maximum absolute atomic E-state index is 12.1. The van der Waals surface area contributed by atoms with Gasteiger partial charge in [-0.05, 0) is 48.9 Å². The summed E-state index contributed by atoms with van der Waals surface area (Å²) in [6.45, 7) is 4.44. The fourth-order valence-electron chi connectivity index (χ4n) is 3.80. The Labute approximate surface area is 172 Å². The van der Waals surface area contributed by atoms with Crippen LogP contribution < -0.4 is 4.90 Å². The Morgan fingerprint density at radius 1 is 1.17 bits per heavy atom. The molecule has 2 aromatic carbocycles. The Kier molecular flexibility index (Phi) is 5.36. The van der Waals surface area contributed by atoms with Crippen molar-refractivity contribution in [1.29, 1.82) is 0 Å². The minimum Gasteiger partial charge on any atom is -0.440 e. The molecule has 1 saturated heterocycles. The van der Waals surface area contributed by atoms with Crippen molar-refractivity contribution in [2.45, 2.75) is 30.7 Å². The normalized spacial score (nSPS) is 17.8. The molecule has 0 saturated carbocycles. The van der Waals surface area contributed by atoms with E-state index in [-0.39, 0.29) is 11.7 Å². The third-order valence-corrected chi connectivity index (χ3v) is 7.33. The maximum Gasteiger partial charge on any atom is 0.199 e. The molecule has 0 spiro atoms. The number of fused-ring (bicyclic) bond motifs is 1. The summed E-state index contributed by atoms with van der Waals surface area (Å²) in [5, 5.41) is 0. The van der Waals surface area contributed by atoms with E-state index in [2.05, 4.69) is 39.0 Å². The molecule has 7 heteroatoms. The van der Waals surface area contributed by atoms with Gasteiger partial charge in [0, 0.05) is 38.8 Å². The van der Waals surface area contributed by atoms with Gasteiger partial charge >= 0.3 is 0 Å². The fraction of sp³-hybridized carbons (Fsp3) is 0.409. The van der Waals surface area contributed by atoms with Crippen LogP contribution in [0.15, 0.2) is 51.8 Å². The van der Waals surface area contributed by atoms with E-state index in [0.29, 0.717) is 21.9 Å². The topological polar surface area (TPSA) is 66.7 Å². The van der Waals surface area contributed by atoms with Crippen molar-refractivity contribution in [3.8, 4) is 0 Å². The van der Waals surface area contributed by atoms with E-state index in [9.17, 15) is 8.42 Å². The van der Waals surface area contributed by atoms with Crippen molar-refractivity contribution in [1.82, 2.24) is 9.88 Å². The second kappa shape index (κ2) is 7.80. The number of rotatable bonds is 6. The van der Waals surface area contributed by atoms with Gasteiger partial charge in [0.25, 0.3) is 0 Å². The summed E-state index contributed by atoms with van der Waals surface area (Å²) in [6, 6.07) is 13.6. The van der Waals surface area contributed by atoms with Gasteiger partial charge in [-0.2, -0.15) is 0 Å². The molecule has 0 amide bonds. The number of anilines is 1. The molecular formula is C22H27N3O3S. The quantitative estimate of drug-likeness (QED) is 0.614. The molecule has 0 radical (unpaired) electrons. The Morgan fingerprint density at radius 2 is 1.93 bits per heavy atom. The minimum absolute atomic E-state index is 0.0797. The lowest BCUT2D eigenvalue weighted by Crippen LogP contribution is -2.19. The average Bonchev–Trinajstić information content (AvgIpc) is 3.34. The third kappa shape index (κ3) is 4.16. The van der Waals surface area contributed by atoms with Crippen LogP contribution in [0.2, 0.25) is 0 Å². The first-order chi connectivity index (χ1) is 13.9. The fourth-order valence-corrected chi connectivity index (χ4v) is 4.70. The standard InChI is InChI=1S/C22H27N3O3S/c1-4-29(26,27)19-9-10-21-20(13-19)23-22(28-21)17-11-12-25(15-17)14-16-5-7-18(8-6-16)24(2)3/h5-10,13,17H,4,11-12,14-15H2,1-3H3. The summed E-state index contributed by atoms with van der Waals surface area (Å²) < 4.78 is 30.2. The number of oxazole rings is 1. The van der Waals surface area contributed by atoms with E-state index in [1.54, 1.807) is 25.1 Å². The van der Waals surface area contributed by atoms with E-state index >= 15 is 0 Å². The summed E-state index contributed by atoms with van der Waals surface area (Å²) in [5.41, 5.74) is 3.76. The molecule has 29 heavy (non-hydrogen) atoms. The van der Waals surface area contributed by atoms with Gasteiger partial charge < -0.3 is 9.32 Å². The van der Waals surface area contributed by atoms with E-state index in [1.165, 1.54) is 11.3 Å². The van der Waals surface area contributed by atoms with Gasteiger partial charge in [-0.1, -0.05) is 19.1 Å². The lowest BCUT2D eigenvalue weighted by molar-refractivity contribution is 0.321. The summed E-state index contributed by atoms with van der Waals surface area (Å²) in [6.07, 6.45) is 0.989. The van der Waals surface area contributed by atoms with Crippen LogP contribution in [0.3, 0.4) is 0 Å². The molecule has 1 unspecified atom stereocenters. The first-order valence-electron chi connectivity index (χ1n) is 9.97. The van der Waals surface area contributed by atoms with Crippen molar-refractivity contribution < 1.29 is 12.8 Å². The summed E-state index contributed by atoms with van der Waals surface area (Å²) in [7, 11) is 0.841. The summed E-state index contributed by atoms with van der Waals surface area (Å²) in [4.78, 5) is 9.43. The number of sulfone groups is 1. The molecule has 154 valence electrons. The van der Waals surface area contributed by atoms with Gasteiger partial charge in [-0.3, -0.25) is 4.90 Å². The van der Waals surface area contributed by atoms with Crippen molar-refractivity contribution >= 4 is 26.6 Å². The minimum atomic E-state index is -3.24. The van der Waals surface area contributed by atoms with Gasteiger partial charge in [0.1, 0.15) is 5.52 Å². The zero-order chi connectivity index (χ0) is 20.6. The van der Waals surface area contributed by atoms with Gasteiger partial charge in [0.05, 0.1) is 10.6 Å². The van der Waals surface area contributed by atoms with Crippen LogP contribution in [0, 0.1) is 0 Å². The molecule has 3 aromatic rings. The number of likely N-dealkylation sites (tertiary alicyclic amines) is 1. The number of aromatic nitrogens is 1. The lowest BCUT2D eigenvalue weighted by atomic mass is 10.1. The van der Waals surface area contributed by atoms with Crippen LogP contribution in [0.1, 0.15) is 30.7 Å². The zero-order valence-electron chi connectivity index (χ0n) is 17.1. The predicted molar refractivity (Wildman–Crippen MR) is 115 cm³/mol. The van der Waals surface area contributed by atoms with Crippen LogP contribution in [0.4, 0.5) is 5.69 Å². The van der Waals surface area contributed by atoms with Gasteiger partial charge in [0.15, 0.2) is 21.3 Å². The molecular weight excluding hydrogens is 386 g/mol. The summed E-state index contributed by atoms with van der Waals surface area (Å²) >= 11 is 0. The van der Waals surface area contributed by atoms with Gasteiger partial charge in [-0.25, -0.2) is 13.4 Å². The second-order valence-corrected chi connectivity index (χ2v) is 10.1. The molecule has 0 N–H and O–H groups in total. The molecule has 1 aromatic heterocycles. The molecule has 0 bridgehead atoms. The third-order valence-electron chi connectivity index (χ3n) is 5.60. The summed E-state index contributed by atoms with van der Waals surface area (Å²) in [5.74, 6) is 1.02. The largest absolute Gasteiger partial charge is 0.440 e. The van der Waals surface area contributed by atoms with Crippen LogP contribution in [-0.4, -0.2) is 51.2 Å². The molecule has 6 nitrogen and oxygen atoms in total. The second-order valence-electron chi connectivity index (χ2n) is 7.87. The molecule has 1 fully saturated rings. The highest BCUT2D eigenvalue weighted by Crippen LogP contribution is 2.31. The molecule has 4 rings (SSSR count). The number of hydrogen-bond acceptors (Lipinski definition) is 6. The van der Waals surface area contributed by atoms with Crippen molar-refractivity contribution in [3.05, 3.63) is 53.9 Å². The average molecular weight is 414 g/mol. The molecule has 2 heterocycles. The maximum atomic E-state index is 12.1. The highest BCUT2D eigenvalue weighted by Gasteiger charge is 2.28. The van der Waals surface area contributed by atoms with Gasteiger partial charge in [0.2, 0.25) is 0 Å². The number of hydrogen-bond donors (Lipinski definition) is 0. The molecule has 1 atom stereocenters. The predicted octanol–water partition coefficient (Wildman–Crippen LogP) is 3.68. The van der Waals surface area contributed by atoms with Gasteiger partial charge in [-0.15, -0.1) is 0 Å². The zero-order valence-corrected chi connectivity index (χ0v) is 17.9. The van der Waals surface area contributed by atoms with Crippen LogP contribution in [0.5, 0.6) is 0 Å². The van der Waals surface area contributed by atoms with Crippen LogP contribution in [-0.2, 0) is 16.4 Å². The Bertz CT molecular complexity index is 1100. The SMILES string of the molecule is CCS(=O)(=O)c1ccc2oc(C3CCN(Cc4ccc(N(C)C)cc4)C3)nc2c1. The van der Waals surface area contributed by atoms with E-state index in [0.717, 1.165) is 26.1 Å².